The molecule has 0 bridgehead atoms. The van der Waals surface area contributed by atoms with Crippen molar-refractivity contribution < 1.29 is 18.0 Å². The molecule has 182 valence electrons. The summed E-state index contributed by atoms with van der Waals surface area (Å²) in [6.45, 7) is 6.70. The van der Waals surface area contributed by atoms with Gasteiger partial charge in [-0.1, -0.05) is 47.7 Å². The molecule has 5 nitrogen and oxygen atoms in total. The Morgan fingerprint density at radius 2 is 1.86 bits per heavy atom. The molecule has 0 aliphatic heterocycles. The number of amides is 1. The molecule has 0 unspecified atom stereocenters. The van der Waals surface area contributed by atoms with Crippen molar-refractivity contribution in [3.05, 3.63) is 69.9 Å². The van der Waals surface area contributed by atoms with Crippen molar-refractivity contribution >= 4 is 34.7 Å². The van der Waals surface area contributed by atoms with Crippen LogP contribution in [0, 0.1) is 13.8 Å². The molecule has 0 spiro atoms. The van der Waals surface area contributed by atoms with Gasteiger partial charge in [-0.15, -0.1) is 21.5 Å². The van der Waals surface area contributed by atoms with Gasteiger partial charge in [0.15, 0.2) is 11.0 Å². The number of carbonyl (C=O) groups excluding carboxylic acids is 1. The van der Waals surface area contributed by atoms with E-state index in [9.17, 15) is 18.0 Å². The highest BCUT2D eigenvalue weighted by Crippen LogP contribution is 2.39. The van der Waals surface area contributed by atoms with Gasteiger partial charge in [-0.05, 0) is 44.5 Å². The standard InChI is InChI=1S/C25H23F3N4OS2/c1-4-32-23(20-13-34-16(3)22(20)17-10-8-15(2)9-11-17)30-31-24(32)35-14-21(33)29-19-7-5-6-18(12-19)25(26,27)28/h5-13H,4,14H2,1-3H3,(H,29,33). The number of rotatable bonds is 7. The zero-order valence-corrected chi connectivity index (χ0v) is 20.9. The normalized spacial score (nSPS) is 11.6. The van der Waals surface area contributed by atoms with Gasteiger partial charge in [-0.25, -0.2) is 0 Å². The molecule has 0 fully saturated rings. The second kappa shape index (κ2) is 10.2. The number of aryl methyl sites for hydroxylation is 2. The lowest BCUT2D eigenvalue weighted by molar-refractivity contribution is -0.137. The van der Waals surface area contributed by atoms with Crippen molar-refractivity contribution in [2.24, 2.45) is 0 Å². The SMILES string of the molecule is CCn1c(SCC(=O)Nc2cccc(C(F)(F)F)c2)nnc1-c1csc(C)c1-c1ccc(C)cc1. The number of aromatic nitrogens is 3. The summed E-state index contributed by atoms with van der Waals surface area (Å²) in [6, 6.07) is 12.9. The van der Waals surface area contributed by atoms with Gasteiger partial charge in [0.25, 0.3) is 0 Å². The zero-order chi connectivity index (χ0) is 25.2. The van der Waals surface area contributed by atoms with Crippen molar-refractivity contribution in [3.63, 3.8) is 0 Å². The van der Waals surface area contributed by atoms with E-state index < -0.39 is 17.6 Å². The number of thiophene rings is 1. The van der Waals surface area contributed by atoms with Crippen LogP contribution in [0.25, 0.3) is 22.5 Å². The van der Waals surface area contributed by atoms with E-state index in [0.717, 1.165) is 28.8 Å². The molecule has 2 aromatic carbocycles. The molecule has 1 amide bonds. The Morgan fingerprint density at radius 3 is 2.54 bits per heavy atom. The summed E-state index contributed by atoms with van der Waals surface area (Å²) in [5, 5.41) is 13.9. The van der Waals surface area contributed by atoms with E-state index in [1.54, 1.807) is 11.3 Å². The molecule has 2 aromatic heterocycles. The number of hydrogen-bond donors (Lipinski definition) is 1. The molecule has 0 aliphatic rings. The molecule has 0 saturated carbocycles. The molecule has 0 aliphatic carbocycles. The average molecular weight is 517 g/mol. The van der Waals surface area contributed by atoms with E-state index >= 15 is 0 Å². The average Bonchev–Trinajstić information content (AvgIpc) is 3.40. The first-order valence-corrected chi connectivity index (χ1v) is 12.7. The summed E-state index contributed by atoms with van der Waals surface area (Å²) in [6.07, 6.45) is -4.47. The summed E-state index contributed by atoms with van der Waals surface area (Å²) >= 11 is 2.84. The van der Waals surface area contributed by atoms with E-state index in [1.165, 1.54) is 34.3 Å². The summed E-state index contributed by atoms with van der Waals surface area (Å²) in [5.74, 6) is 0.281. The van der Waals surface area contributed by atoms with Crippen molar-refractivity contribution in [3.8, 4) is 22.5 Å². The third-order valence-electron chi connectivity index (χ3n) is 5.40. The van der Waals surface area contributed by atoms with E-state index in [1.807, 2.05) is 18.4 Å². The summed E-state index contributed by atoms with van der Waals surface area (Å²) < 4.78 is 40.7. The maximum atomic E-state index is 12.9. The number of nitrogens with one attached hydrogen (secondary N) is 1. The monoisotopic (exact) mass is 516 g/mol. The Balaban J connectivity index is 1.52. The van der Waals surface area contributed by atoms with Crippen LogP contribution in [0.3, 0.4) is 0 Å². The first-order chi connectivity index (χ1) is 16.7. The number of nitrogens with zero attached hydrogens (tertiary/aromatic N) is 3. The predicted molar refractivity (Wildman–Crippen MR) is 135 cm³/mol. The van der Waals surface area contributed by atoms with Gasteiger partial charge in [-0.2, -0.15) is 13.2 Å². The zero-order valence-electron chi connectivity index (χ0n) is 19.3. The van der Waals surface area contributed by atoms with Gasteiger partial charge < -0.3 is 9.88 Å². The Labute approximate surface area is 209 Å². The van der Waals surface area contributed by atoms with Crippen LogP contribution in [-0.2, 0) is 17.5 Å². The first-order valence-electron chi connectivity index (χ1n) is 10.9. The third-order valence-corrected chi connectivity index (χ3v) is 7.27. The Bertz CT molecular complexity index is 1340. The van der Waals surface area contributed by atoms with Crippen LogP contribution < -0.4 is 5.32 Å². The van der Waals surface area contributed by atoms with Crippen molar-refractivity contribution in [2.75, 3.05) is 11.1 Å². The highest BCUT2D eigenvalue weighted by Gasteiger charge is 2.30. The fourth-order valence-electron chi connectivity index (χ4n) is 3.68. The lowest BCUT2D eigenvalue weighted by Crippen LogP contribution is -2.15. The van der Waals surface area contributed by atoms with Crippen LogP contribution in [0.2, 0.25) is 0 Å². The number of hydrogen-bond acceptors (Lipinski definition) is 5. The Kier molecular flexibility index (Phi) is 7.32. The number of thioether (sulfide) groups is 1. The third kappa shape index (κ3) is 5.59. The smallest absolute Gasteiger partial charge is 0.325 e. The van der Waals surface area contributed by atoms with Crippen LogP contribution in [0.5, 0.6) is 0 Å². The Morgan fingerprint density at radius 1 is 1.11 bits per heavy atom. The molecule has 0 radical (unpaired) electrons. The van der Waals surface area contributed by atoms with E-state index in [-0.39, 0.29) is 11.4 Å². The molecule has 0 atom stereocenters. The minimum Gasteiger partial charge on any atom is -0.325 e. The molecule has 10 heteroatoms. The van der Waals surface area contributed by atoms with Gasteiger partial charge in [-0.3, -0.25) is 4.79 Å². The number of halogens is 3. The van der Waals surface area contributed by atoms with Crippen molar-refractivity contribution in [1.29, 1.82) is 0 Å². The van der Waals surface area contributed by atoms with E-state index in [4.69, 9.17) is 0 Å². The number of alkyl halides is 3. The minimum atomic E-state index is -4.47. The molecule has 35 heavy (non-hydrogen) atoms. The predicted octanol–water partition coefficient (Wildman–Crippen LogP) is 7.06. The minimum absolute atomic E-state index is 0.0120. The summed E-state index contributed by atoms with van der Waals surface area (Å²) in [7, 11) is 0. The van der Waals surface area contributed by atoms with Crippen LogP contribution in [0.4, 0.5) is 18.9 Å². The highest BCUT2D eigenvalue weighted by atomic mass is 32.2. The van der Waals surface area contributed by atoms with Gasteiger partial charge in [0.2, 0.25) is 5.91 Å². The maximum Gasteiger partial charge on any atom is 0.416 e. The quantitative estimate of drug-likeness (QED) is 0.267. The number of carbonyl (C=O) groups is 1. The van der Waals surface area contributed by atoms with Crippen LogP contribution in [0.1, 0.15) is 22.9 Å². The van der Waals surface area contributed by atoms with Gasteiger partial charge in [0, 0.05) is 33.6 Å². The molecular weight excluding hydrogens is 493 g/mol. The van der Waals surface area contributed by atoms with Gasteiger partial charge in [0.1, 0.15) is 0 Å². The van der Waals surface area contributed by atoms with Gasteiger partial charge >= 0.3 is 6.18 Å². The summed E-state index contributed by atoms with van der Waals surface area (Å²) in [5.41, 5.74) is 3.65. The largest absolute Gasteiger partial charge is 0.416 e. The highest BCUT2D eigenvalue weighted by molar-refractivity contribution is 7.99. The molecule has 0 saturated heterocycles. The van der Waals surface area contributed by atoms with Crippen LogP contribution in [-0.4, -0.2) is 26.4 Å². The molecular formula is C25H23F3N4OS2. The first kappa shape index (κ1) is 25.0. The van der Waals surface area contributed by atoms with Gasteiger partial charge in [0.05, 0.1) is 11.3 Å². The van der Waals surface area contributed by atoms with Crippen molar-refractivity contribution in [1.82, 2.24) is 14.8 Å². The van der Waals surface area contributed by atoms with E-state index in [2.05, 4.69) is 52.1 Å². The van der Waals surface area contributed by atoms with Crippen LogP contribution >= 0.6 is 23.1 Å². The summed E-state index contributed by atoms with van der Waals surface area (Å²) in [4.78, 5) is 13.6. The molecule has 2 heterocycles. The fraction of sp³-hybridized carbons (Fsp3) is 0.240. The van der Waals surface area contributed by atoms with E-state index in [0.29, 0.717) is 17.5 Å². The topological polar surface area (TPSA) is 59.8 Å². The van der Waals surface area contributed by atoms with Crippen molar-refractivity contribution in [2.45, 2.75) is 38.6 Å². The Hall–Kier alpha value is -3.11. The molecule has 4 rings (SSSR count). The molecule has 4 aromatic rings. The number of anilines is 1. The molecule has 1 N–H and O–H groups in total. The fourth-order valence-corrected chi connectivity index (χ4v) is 5.34. The lowest BCUT2D eigenvalue weighted by atomic mass is 10.0. The second-order valence-electron chi connectivity index (χ2n) is 7.91. The lowest BCUT2D eigenvalue weighted by Gasteiger charge is -2.11. The second-order valence-corrected chi connectivity index (χ2v) is 9.94. The maximum absolute atomic E-state index is 12.9. The van der Waals surface area contributed by atoms with Crippen LogP contribution in [0.15, 0.2) is 59.1 Å². The number of benzene rings is 2.